The highest BCUT2D eigenvalue weighted by molar-refractivity contribution is 5.99. The molecule has 0 spiro atoms. The lowest BCUT2D eigenvalue weighted by atomic mass is 10.1. The second kappa shape index (κ2) is 8.46. The summed E-state index contributed by atoms with van der Waals surface area (Å²) in [5.41, 5.74) is 0.469. The van der Waals surface area contributed by atoms with Gasteiger partial charge in [-0.3, -0.25) is 4.79 Å². The molecule has 0 unspecified atom stereocenters. The van der Waals surface area contributed by atoms with Gasteiger partial charge in [0.05, 0.1) is 18.7 Å². The topological polar surface area (TPSA) is 86.5 Å². The molecule has 1 aliphatic heterocycles. The van der Waals surface area contributed by atoms with E-state index in [2.05, 4.69) is 10.1 Å². The number of amides is 1. The highest BCUT2D eigenvalue weighted by atomic mass is 16.5. The average Bonchev–Trinajstić information content (AvgIpc) is 3.33. The average molecular weight is 358 g/mol. The molecule has 1 aromatic carbocycles. The van der Waals surface area contributed by atoms with E-state index in [1.54, 1.807) is 34.1 Å². The third-order valence-electron chi connectivity index (χ3n) is 4.23. The van der Waals surface area contributed by atoms with Crippen LogP contribution in [0.25, 0.3) is 0 Å². The molecule has 0 N–H and O–H groups in total. The first-order valence-electron chi connectivity index (χ1n) is 8.72. The van der Waals surface area contributed by atoms with Crippen molar-refractivity contribution < 1.29 is 19.1 Å². The third kappa shape index (κ3) is 4.01. The van der Waals surface area contributed by atoms with Crippen LogP contribution in [0, 0.1) is 0 Å². The fraction of sp³-hybridized carbons (Fsp3) is 0.444. The normalized spacial score (nSPS) is 16.5. The van der Waals surface area contributed by atoms with Crippen LogP contribution >= 0.6 is 0 Å². The van der Waals surface area contributed by atoms with Crippen LogP contribution in [0.2, 0.25) is 0 Å². The number of nitrogens with zero attached hydrogens (tertiary/aromatic N) is 4. The van der Waals surface area contributed by atoms with Crippen molar-refractivity contribution >= 4 is 11.9 Å². The molecule has 138 valence electrons. The number of ether oxygens (including phenoxy) is 2. The monoisotopic (exact) mass is 358 g/mol. The van der Waals surface area contributed by atoms with Crippen LogP contribution in [0.1, 0.15) is 30.1 Å². The van der Waals surface area contributed by atoms with Crippen molar-refractivity contribution in [3.05, 3.63) is 42.5 Å². The van der Waals surface area contributed by atoms with Gasteiger partial charge < -0.3 is 14.4 Å². The molecule has 1 aromatic heterocycles. The summed E-state index contributed by atoms with van der Waals surface area (Å²) in [6.07, 6.45) is 4.36. The van der Waals surface area contributed by atoms with Crippen LogP contribution < -0.4 is 4.74 Å². The molecule has 0 bridgehead atoms. The molecule has 3 rings (SSSR count). The van der Waals surface area contributed by atoms with Gasteiger partial charge in [-0.1, -0.05) is 12.1 Å². The summed E-state index contributed by atoms with van der Waals surface area (Å²) < 4.78 is 12.5. The number of carbonyl (C=O) groups is 2. The smallest absolute Gasteiger partial charge is 0.328 e. The minimum Gasteiger partial charge on any atom is -0.493 e. The number of hydrogen-bond acceptors (Lipinski definition) is 6. The number of para-hydroxylation sites is 1. The molecule has 8 heteroatoms. The summed E-state index contributed by atoms with van der Waals surface area (Å²) in [4.78, 5) is 30.8. The molecular weight excluding hydrogens is 336 g/mol. The first-order chi connectivity index (χ1) is 12.7. The van der Waals surface area contributed by atoms with E-state index in [0.717, 1.165) is 6.42 Å². The molecule has 1 atom stereocenters. The lowest BCUT2D eigenvalue weighted by Crippen LogP contribution is -2.41. The van der Waals surface area contributed by atoms with Crippen molar-refractivity contribution in [3.8, 4) is 5.75 Å². The molecule has 0 radical (unpaired) electrons. The van der Waals surface area contributed by atoms with Gasteiger partial charge in [-0.15, -0.1) is 0 Å². The Morgan fingerprint density at radius 1 is 1.31 bits per heavy atom. The Morgan fingerprint density at radius 2 is 2.15 bits per heavy atom. The minimum atomic E-state index is -0.562. The number of hydrogen-bond donors (Lipinski definition) is 0. The predicted octanol–water partition coefficient (Wildman–Crippen LogP) is 1.52. The van der Waals surface area contributed by atoms with Crippen molar-refractivity contribution in [2.24, 2.45) is 0 Å². The largest absolute Gasteiger partial charge is 0.493 e. The van der Waals surface area contributed by atoms with Gasteiger partial charge in [0.2, 0.25) is 0 Å². The standard InChI is InChI=1S/C18H22N4O4/c1-2-25-16-8-4-3-6-14(16)17(23)22-9-5-7-15(22)18(24)26-11-10-21-13-19-12-20-21/h3-4,6,8,12-13,15H,2,5,7,9-11H2,1H3/t15-/m1/s1. The molecule has 1 amide bonds. The predicted molar refractivity (Wildman–Crippen MR) is 92.7 cm³/mol. The summed E-state index contributed by atoms with van der Waals surface area (Å²) in [6, 6.07) is 6.53. The first kappa shape index (κ1) is 17.9. The van der Waals surface area contributed by atoms with Gasteiger partial charge in [0.1, 0.15) is 31.1 Å². The Kier molecular flexibility index (Phi) is 5.83. The van der Waals surface area contributed by atoms with E-state index in [-0.39, 0.29) is 18.5 Å². The summed E-state index contributed by atoms with van der Waals surface area (Å²) >= 11 is 0. The van der Waals surface area contributed by atoms with Crippen LogP contribution in [-0.4, -0.2) is 57.3 Å². The number of likely N-dealkylation sites (tertiary alicyclic amines) is 1. The van der Waals surface area contributed by atoms with E-state index in [9.17, 15) is 9.59 Å². The maximum atomic E-state index is 12.9. The SMILES string of the molecule is CCOc1ccccc1C(=O)N1CCC[C@@H]1C(=O)OCCn1cncn1. The highest BCUT2D eigenvalue weighted by Crippen LogP contribution is 2.25. The van der Waals surface area contributed by atoms with Crippen LogP contribution in [0.3, 0.4) is 0 Å². The van der Waals surface area contributed by atoms with E-state index < -0.39 is 6.04 Å². The summed E-state index contributed by atoms with van der Waals surface area (Å²) in [5, 5.41) is 3.96. The third-order valence-corrected chi connectivity index (χ3v) is 4.23. The number of rotatable bonds is 7. The summed E-state index contributed by atoms with van der Waals surface area (Å²) in [5.74, 6) is -0.0557. The van der Waals surface area contributed by atoms with Crippen molar-refractivity contribution in [1.82, 2.24) is 19.7 Å². The van der Waals surface area contributed by atoms with Crippen LogP contribution in [0.15, 0.2) is 36.9 Å². The summed E-state index contributed by atoms with van der Waals surface area (Å²) in [7, 11) is 0. The second-order valence-corrected chi connectivity index (χ2v) is 5.91. The molecule has 8 nitrogen and oxygen atoms in total. The Morgan fingerprint density at radius 3 is 2.92 bits per heavy atom. The van der Waals surface area contributed by atoms with Gasteiger partial charge in [-0.05, 0) is 31.9 Å². The molecule has 2 heterocycles. The quantitative estimate of drug-likeness (QED) is 0.698. The Hall–Kier alpha value is -2.90. The van der Waals surface area contributed by atoms with Crippen LogP contribution in [-0.2, 0) is 16.1 Å². The lowest BCUT2D eigenvalue weighted by Gasteiger charge is -2.24. The van der Waals surface area contributed by atoms with Crippen molar-refractivity contribution in [2.75, 3.05) is 19.8 Å². The fourth-order valence-corrected chi connectivity index (χ4v) is 3.02. The number of carbonyl (C=O) groups excluding carboxylic acids is 2. The van der Waals surface area contributed by atoms with Crippen molar-refractivity contribution in [3.63, 3.8) is 0 Å². The van der Waals surface area contributed by atoms with Gasteiger partial charge in [0.15, 0.2) is 0 Å². The van der Waals surface area contributed by atoms with E-state index >= 15 is 0 Å². The number of aromatic nitrogens is 3. The van der Waals surface area contributed by atoms with Gasteiger partial charge in [-0.25, -0.2) is 14.5 Å². The van der Waals surface area contributed by atoms with Gasteiger partial charge in [0.25, 0.3) is 5.91 Å². The fourth-order valence-electron chi connectivity index (χ4n) is 3.02. The molecular formula is C18H22N4O4. The number of benzene rings is 1. The molecule has 1 saturated heterocycles. The van der Waals surface area contributed by atoms with Crippen molar-refractivity contribution in [2.45, 2.75) is 32.4 Å². The second-order valence-electron chi connectivity index (χ2n) is 5.91. The Balaban J connectivity index is 1.63. The van der Waals surface area contributed by atoms with Gasteiger partial charge in [-0.2, -0.15) is 5.10 Å². The zero-order valence-electron chi connectivity index (χ0n) is 14.7. The molecule has 0 saturated carbocycles. The van der Waals surface area contributed by atoms with E-state index in [0.29, 0.717) is 37.4 Å². The zero-order valence-corrected chi connectivity index (χ0v) is 14.7. The molecule has 26 heavy (non-hydrogen) atoms. The maximum absolute atomic E-state index is 12.9. The zero-order chi connectivity index (χ0) is 18.4. The number of esters is 1. The Labute approximate surface area is 151 Å². The minimum absolute atomic E-state index is 0.191. The Bertz CT molecular complexity index is 747. The van der Waals surface area contributed by atoms with Crippen LogP contribution in [0.5, 0.6) is 5.75 Å². The highest BCUT2D eigenvalue weighted by Gasteiger charge is 2.36. The molecule has 1 fully saturated rings. The van der Waals surface area contributed by atoms with Crippen molar-refractivity contribution in [1.29, 1.82) is 0 Å². The van der Waals surface area contributed by atoms with E-state index in [4.69, 9.17) is 9.47 Å². The van der Waals surface area contributed by atoms with Gasteiger partial charge >= 0.3 is 5.97 Å². The first-order valence-corrected chi connectivity index (χ1v) is 8.72. The van der Waals surface area contributed by atoms with E-state index in [1.165, 1.54) is 6.33 Å². The van der Waals surface area contributed by atoms with Gasteiger partial charge in [0, 0.05) is 6.54 Å². The molecule has 0 aliphatic carbocycles. The van der Waals surface area contributed by atoms with Crippen LogP contribution in [0.4, 0.5) is 0 Å². The maximum Gasteiger partial charge on any atom is 0.328 e. The molecule has 1 aliphatic rings. The van der Waals surface area contributed by atoms with E-state index in [1.807, 2.05) is 13.0 Å². The summed E-state index contributed by atoms with van der Waals surface area (Å²) in [6.45, 7) is 3.49. The molecule has 2 aromatic rings. The lowest BCUT2D eigenvalue weighted by molar-refractivity contribution is -0.148.